The molecule has 0 radical (unpaired) electrons. The molecule has 38 heavy (non-hydrogen) atoms. The first-order valence-corrected chi connectivity index (χ1v) is 13.7. The first-order valence-electron chi connectivity index (χ1n) is 13.7. The van der Waals surface area contributed by atoms with E-state index in [0.717, 1.165) is 23.1 Å². The number of unbranched alkanes of at least 4 members (excludes halogenated alkanes) is 3. The van der Waals surface area contributed by atoms with Crippen LogP contribution in [0.1, 0.15) is 49.3 Å². The van der Waals surface area contributed by atoms with Crippen LogP contribution in [-0.2, 0) is 6.42 Å². The van der Waals surface area contributed by atoms with Crippen molar-refractivity contribution in [3.8, 4) is 45.3 Å². The topological polar surface area (TPSA) is 38.7 Å². The summed E-state index contributed by atoms with van der Waals surface area (Å²) < 4.78 is 0. The van der Waals surface area contributed by atoms with E-state index in [9.17, 15) is 0 Å². The van der Waals surface area contributed by atoms with Crippen molar-refractivity contribution in [3.63, 3.8) is 0 Å². The Labute approximate surface area is 226 Å². The second-order valence-corrected chi connectivity index (χ2v) is 10.1. The number of rotatable bonds is 9. The van der Waals surface area contributed by atoms with Gasteiger partial charge in [0.2, 0.25) is 0 Å². The summed E-state index contributed by atoms with van der Waals surface area (Å²) in [6, 6.07) is 34.2. The molecule has 0 aliphatic heterocycles. The highest BCUT2D eigenvalue weighted by atomic mass is 15.0. The molecule has 4 aromatic carbocycles. The van der Waals surface area contributed by atoms with Crippen molar-refractivity contribution in [3.05, 3.63) is 114 Å². The molecule has 0 fully saturated rings. The van der Waals surface area contributed by atoms with Gasteiger partial charge in [0, 0.05) is 16.7 Å². The van der Waals surface area contributed by atoms with Crippen LogP contribution in [0.3, 0.4) is 0 Å². The number of aryl methyl sites for hydroxylation is 3. The Kier molecular flexibility index (Phi) is 8.04. The molecule has 1 aromatic heterocycles. The zero-order valence-corrected chi connectivity index (χ0v) is 22.6. The first-order chi connectivity index (χ1) is 18.6. The number of hydrogen-bond acceptors (Lipinski definition) is 3. The molecule has 3 nitrogen and oxygen atoms in total. The number of nitrogens with zero attached hydrogens (tertiary/aromatic N) is 3. The molecule has 0 N–H and O–H groups in total. The molecule has 0 unspecified atom stereocenters. The van der Waals surface area contributed by atoms with Crippen LogP contribution in [-0.4, -0.2) is 15.0 Å². The average molecular weight is 498 g/mol. The van der Waals surface area contributed by atoms with Gasteiger partial charge in [0.15, 0.2) is 17.5 Å². The van der Waals surface area contributed by atoms with E-state index in [0.29, 0.717) is 17.5 Å². The Hall–Kier alpha value is -4.11. The third-order valence-electron chi connectivity index (χ3n) is 7.00. The quantitative estimate of drug-likeness (QED) is 0.190. The molecule has 5 rings (SSSR count). The van der Waals surface area contributed by atoms with Gasteiger partial charge in [0.25, 0.3) is 0 Å². The average Bonchev–Trinajstić information content (AvgIpc) is 2.96. The third-order valence-corrected chi connectivity index (χ3v) is 7.00. The molecule has 190 valence electrons. The summed E-state index contributed by atoms with van der Waals surface area (Å²) in [5.74, 6) is 2.05. The summed E-state index contributed by atoms with van der Waals surface area (Å²) >= 11 is 0. The normalized spacial score (nSPS) is 11.0. The molecule has 0 saturated carbocycles. The zero-order valence-electron chi connectivity index (χ0n) is 22.6. The summed E-state index contributed by atoms with van der Waals surface area (Å²) in [6.45, 7) is 6.43. The molecule has 5 aromatic rings. The van der Waals surface area contributed by atoms with Crippen molar-refractivity contribution in [2.45, 2.75) is 52.9 Å². The zero-order chi connectivity index (χ0) is 26.3. The van der Waals surface area contributed by atoms with Crippen LogP contribution in [0.5, 0.6) is 0 Å². The van der Waals surface area contributed by atoms with E-state index in [1.165, 1.54) is 53.5 Å². The second-order valence-electron chi connectivity index (χ2n) is 10.1. The monoisotopic (exact) mass is 497 g/mol. The summed E-state index contributed by atoms with van der Waals surface area (Å²) in [5, 5.41) is 0. The lowest BCUT2D eigenvalue weighted by Crippen LogP contribution is -2.00. The molecule has 0 spiro atoms. The summed E-state index contributed by atoms with van der Waals surface area (Å²) in [4.78, 5) is 14.6. The predicted octanol–water partition coefficient (Wildman–Crippen LogP) is 9.28. The van der Waals surface area contributed by atoms with Crippen molar-refractivity contribution in [2.24, 2.45) is 0 Å². The lowest BCUT2D eigenvalue weighted by Gasteiger charge is -2.10. The van der Waals surface area contributed by atoms with E-state index in [2.05, 4.69) is 118 Å². The van der Waals surface area contributed by atoms with E-state index in [1.807, 2.05) is 0 Å². The van der Waals surface area contributed by atoms with Gasteiger partial charge in [-0.05, 0) is 43.4 Å². The first kappa shape index (κ1) is 25.5. The molecular weight excluding hydrogens is 462 g/mol. The number of benzene rings is 4. The minimum Gasteiger partial charge on any atom is -0.208 e. The lowest BCUT2D eigenvalue weighted by molar-refractivity contribution is 0.667. The standard InChI is InChI=1S/C35H35N3/c1-4-5-6-7-8-27-13-19-28(20-14-27)29-21-23-32(24-22-29)35-37-33(30-15-9-25(2)10-16-30)36-34(38-35)31-17-11-26(3)12-18-31/h9-24H,4-8H2,1-3H3. The van der Waals surface area contributed by atoms with Gasteiger partial charge < -0.3 is 0 Å². The van der Waals surface area contributed by atoms with E-state index in [4.69, 9.17) is 15.0 Å². The van der Waals surface area contributed by atoms with Gasteiger partial charge in [-0.3, -0.25) is 0 Å². The lowest BCUT2D eigenvalue weighted by atomic mass is 10.00. The van der Waals surface area contributed by atoms with Crippen molar-refractivity contribution < 1.29 is 0 Å². The fourth-order valence-corrected chi connectivity index (χ4v) is 4.60. The van der Waals surface area contributed by atoms with E-state index in [-0.39, 0.29) is 0 Å². The fraction of sp³-hybridized carbons (Fsp3) is 0.229. The van der Waals surface area contributed by atoms with Crippen LogP contribution in [0, 0.1) is 13.8 Å². The van der Waals surface area contributed by atoms with Gasteiger partial charge in [-0.25, -0.2) is 15.0 Å². The van der Waals surface area contributed by atoms with E-state index in [1.54, 1.807) is 0 Å². The van der Waals surface area contributed by atoms with Gasteiger partial charge in [-0.2, -0.15) is 0 Å². The second kappa shape index (κ2) is 12.0. The maximum Gasteiger partial charge on any atom is 0.164 e. The van der Waals surface area contributed by atoms with Gasteiger partial charge >= 0.3 is 0 Å². The van der Waals surface area contributed by atoms with E-state index < -0.39 is 0 Å². The molecule has 0 bridgehead atoms. The van der Waals surface area contributed by atoms with Crippen molar-refractivity contribution in [2.75, 3.05) is 0 Å². The molecule has 0 amide bonds. The highest BCUT2D eigenvalue weighted by Crippen LogP contribution is 2.27. The Bertz CT molecular complexity index is 1400. The molecule has 0 aliphatic carbocycles. The van der Waals surface area contributed by atoms with Crippen molar-refractivity contribution >= 4 is 0 Å². The maximum atomic E-state index is 4.88. The molecule has 0 saturated heterocycles. The maximum absolute atomic E-state index is 4.88. The van der Waals surface area contributed by atoms with Crippen LogP contribution >= 0.6 is 0 Å². The third kappa shape index (κ3) is 6.23. The van der Waals surface area contributed by atoms with Gasteiger partial charge in [0.05, 0.1) is 0 Å². The van der Waals surface area contributed by atoms with Gasteiger partial charge in [0.1, 0.15) is 0 Å². The number of aromatic nitrogens is 3. The molecular formula is C35H35N3. The van der Waals surface area contributed by atoms with Gasteiger partial charge in [-0.15, -0.1) is 0 Å². The SMILES string of the molecule is CCCCCCc1ccc(-c2ccc(-c3nc(-c4ccc(C)cc4)nc(-c4ccc(C)cc4)n3)cc2)cc1. The number of hydrogen-bond donors (Lipinski definition) is 0. The van der Waals surface area contributed by atoms with Crippen LogP contribution in [0.15, 0.2) is 97.1 Å². The van der Waals surface area contributed by atoms with Crippen LogP contribution < -0.4 is 0 Å². The predicted molar refractivity (Wildman–Crippen MR) is 159 cm³/mol. The van der Waals surface area contributed by atoms with Crippen LogP contribution in [0.25, 0.3) is 45.3 Å². The smallest absolute Gasteiger partial charge is 0.164 e. The van der Waals surface area contributed by atoms with E-state index >= 15 is 0 Å². The summed E-state index contributed by atoms with van der Waals surface area (Å²) in [5.41, 5.74) is 9.20. The fourth-order valence-electron chi connectivity index (χ4n) is 4.60. The van der Waals surface area contributed by atoms with Crippen molar-refractivity contribution in [1.29, 1.82) is 0 Å². The van der Waals surface area contributed by atoms with Crippen LogP contribution in [0.2, 0.25) is 0 Å². The molecule has 3 heteroatoms. The minimum atomic E-state index is 0.681. The Morgan fingerprint density at radius 3 is 1.21 bits per heavy atom. The summed E-state index contributed by atoms with van der Waals surface area (Å²) in [7, 11) is 0. The molecule has 1 heterocycles. The minimum absolute atomic E-state index is 0.681. The highest BCUT2D eigenvalue weighted by molar-refractivity contribution is 5.70. The van der Waals surface area contributed by atoms with Gasteiger partial charge in [-0.1, -0.05) is 134 Å². The Morgan fingerprint density at radius 2 is 0.789 bits per heavy atom. The van der Waals surface area contributed by atoms with Crippen molar-refractivity contribution in [1.82, 2.24) is 15.0 Å². The van der Waals surface area contributed by atoms with Crippen LogP contribution in [0.4, 0.5) is 0 Å². The Balaban J connectivity index is 1.43. The Morgan fingerprint density at radius 1 is 0.421 bits per heavy atom. The highest BCUT2D eigenvalue weighted by Gasteiger charge is 2.12. The summed E-state index contributed by atoms with van der Waals surface area (Å²) in [6.07, 6.45) is 6.34. The largest absolute Gasteiger partial charge is 0.208 e. The molecule has 0 atom stereocenters. The molecule has 0 aliphatic rings.